The summed E-state index contributed by atoms with van der Waals surface area (Å²) in [5.41, 5.74) is 7.45. The van der Waals surface area contributed by atoms with Crippen molar-refractivity contribution < 1.29 is 0 Å². The molecule has 2 N–H and O–H groups in total. The Morgan fingerprint density at radius 1 is 1.05 bits per heavy atom. The topological polar surface area (TPSA) is 29.3 Å². The summed E-state index contributed by atoms with van der Waals surface area (Å²) >= 11 is 12.2. The lowest BCUT2D eigenvalue weighted by Gasteiger charge is -2.41. The first-order chi connectivity index (χ1) is 9.63. The molecule has 1 aliphatic heterocycles. The number of rotatable bonds is 2. The minimum Gasteiger partial charge on any atom is -0.396 e. The molecule has 1 heterocycles. The van der Waals surface area contributed by atoms with E-state index in [0.717, 1.165) is 18.4 Å². The van der Waals surface area contributed by atoms with Crippen LogP contribution in [0.15, 0.2) is 12.1 Å². The van der Waals surface area contributed by atoms with E-state index in [9.17, 15) is 0 Å². The van der Waals surface area contributed by atoms with E-state index < -0.39 is 0 Å². The number of nitrogen functional groups attached to an aromatic ring is 1. The zero-order chi connectivity index (χ0) is 14.1. The van der Waals surface area contributed by atoms with Gasteiger partial charge in [-0.05, 0) is 48.9 Å². The van der Waals surface area contributed by atoms with Crippen molar-refractivity contribution in [3.8, 4) is 0 Å². The lowest BCUT2D eigenvalue weighted by atomic mass is 9.75. The highest BCUT2D eigenvalue weighted by atomic mass is 35.5. The zero-order valence-corrected chi connectivity index (χ0v) is 13.3. The minimum atomic E-state index is 0.489. The van der Waals surface area contributed by atoms with Gasteiger partial charge in [-0.3, -0.25) is 4.90 Å². The molecule has 0 bridgehead atoms. The molecule has 0 aromatic heterocycles. The normalized spacial score (nSPS) is 27.3. The van der Waals surface area contributed by atoms with E-state index in [1.54, 1.807) is 0 Å². The summed E-state index contributed by atoms with van der Waals surface area (Å²) in [6, 6.07) is 3.91. The molecular weight excluding hydrogens is 291 g/mol. The number of fused-ring (bicyclic) bond motifs is 1. The molecule has 2 atom stereocenters. The van der Waals surface area contributed by atoms with Gasteiger partial charge < -0.3 is 5.73 Å². The Kier molecular flexibility index (Phi) is 4.44. The predicted molar refractivity (Wildman–Crippen MR) is 86.2 cm³/mol. The van der Waals surface area contributed by atoms with E-state index in [1.165, 1.54) is 50.8 Å². The maximum Gasteiger partial charge on any atom is 0.0693 e. The Labute approximate surface area is 131 Å². The van der Waals surface area contributed by atoms with Crippen LogP contribution in [0.2, 0.25) is 10.0 Å². The van der Waals surface area contributed by atoms with Gasteiger partial charge in [0.05, 0.1) is 15.7 Å². The van der Waals surface area contributed by atoms with Crippen LogP contribution in [0.5, 0.6) is 0 Å². The standard InChI is InChI=1S/C16H22Cl2N2/c17-14-7-11(8-15(18)16(14)19)9-20-6-5-12-3-1-2-4-13(12)10-20/h7-8,12-13H,1-6,9-10,19H2. The van der Waals surface area contributed by atoms with E-state index in [1.807, 2.05) is 12.1 Å². The van der Waals surface area contributed by atoms with Gasteiger partial charge in [0.2, 0.25) is 0 Å². The van der Waals surface area contributed by atoms with Crippen molar-refractivity contribution in [2.24, 2.45) is 11.8 Å². The maximum atomic E-state index is 6.12. The van der Waals surface area contributed by atoms with Gasteiger partial charge in [-0.25, -0.2) is 0 Å². The van der Waals surface area contributed by atoms with Crippen LogP contribution in [0, 0.1) is 11.8 Å². The predicted octanol–water partition coefficient (Wildman–Crippen LogP) is 4.59. The van der Waals surface area contributed by atoms with E-state index in [-0.39, 0.29) is 0 Å². The summed E-state index contributed by atoms with van der Waals surface area (Å²) in [4.78, 5) is 2.55. The number of nitrogens with two attached hydrogens (primary N) is 1. The minimum absolute atomic E-state index is 0.489. The van der Waals surface area contributed by atoms with E-state index >= 15 is 0 Å². The fourth-order valence-electron chi connectivity index (χ4n) is 3.81. The number of halogens is 2. The van der Waals surface area contributed by atoms with Crippen molar-refractivity contribution >= 4 is 28.9 Å². The monoisotopic (exact) mass is 312 g/mol. The first kappa shape index (κ1) is 14.5. The largest absolute Gasteiger partial charge is 0.396 e. The number of hydrogen-bond acceptors (Lipinski definition) is 2. The smallest absolute Gasteiger partial charge is 0.0693 e. The first-order valence-corrected chi connectivity index (χ1v) is 8.35. The van der Waals surface area contributed by atoms with Crippen LogP contribution in [-0.4, -0.2) is 18.0 Å². The molecule has 3 rings (SSSR count). The van der Waals surface area contributed by atoms with Gasteiger partial charge in [0, 0.05) is 13.1 Å². The molecule has 1 aromatic carbocycles. The van der Waals surface area contributed by atoms with Crippen LogP contribution in [0.3, 0.4) is 0 Å². The van der Waals surface area contributed by atoms with Crippen LogP contribution in [-0.2, 0) is 6.54 Å². The Hall–Kier alpha value is -0.440. The molecule has 2 nitrogen and oxygen atoms in total. The van der Waals surface area contributed by atoms with Crippen LogP contribution in [0.4, 0.5) is 5.69 Å². The second-order valence-corrected chi connectivity index (χ2v) is 7.12. The van der Waals surface area contributed by atoms with Gasteiger partial charge in [-0.1, -0.05) is 42.5 Å². The number of piperidine rings is 1. The summed E-state index contributed by atoms with van der Waals surface area (Å²) in [7, 11) is 0. The molecule has 1 aliphatic carbocycles. The molecular formula is C16H22Cl2N2. The van der Waals surface area contributed by atoms with Gasteiger partial charge in [0.25, 0.3) is 0 Å². The lowest BCUT2D eigenvalue weighted by molar-refractivity contribution is 0.0821. The average molecular weight is 313 g/mol. The van der Waals surface area contributed by atoms with Crippen LogP contribution in [0.1, 0.15) is 37.7 Å². The van der Waals surface area contributed by atoms with E-state index in [2.05, 4.69) is 4.90 Å². The SMILES string of the molecule is Nc1c(Cl)cc(CN2CCC3CCCCC3C2)cc1Cl. The van der Waals surface area contributed by atoms with Gasteiger partial charge in [0.1, 0.15) is 0 Å². The van der Waals surface area contributed by atoms with Crippen molar-refractivity contribution in [2.75, 3.05) is 18.8 Å². The van der Waals surface area contributed by atoms with Gasteiger partial charge >= 0.3 is 0 Å². The summed E-state index contributed by atoms with van der Waals surface area (Å²) in [5, 5.41) is 1.14. The molecule has 2 unspecified atom stereocenters. The van der Waals surface area contributed by atoms with E-state index in [4.69, 9.17) is 28.9 Å². The molecule has 0 spiro atoms. The Morgan fingerprint density at radius 3 is 2.40 bits per heavy atom. The highest BCUT2D eigenvalue weighted by Crippen LogP contribution is 2.37. The number of anilines is 1. The molecule has 0 radical (unpaired) electrons. The van der Waals surface area contributed by atoms with Gasteiger partial charge in [0.15, 0.2) is 0 Å². The molecule has 2 aliphatic rings. The van der Waals surface area contributed by atoms with Crippen LogP contribution < -0.4 is 5.73 Å². The molecule has 0 amide bonds. The molecule has 1 saturated carbocycles. The molecule has 20 heavy (non-hydrogen) atoms. The van der Waals surface area contributed by atoms with Gasteiger partial charge in [-0.15, -0.1) is 0 Å². The second kappa shape index (κ2) is 6.13. The van der Waals surface area contributed by atoms with Crippen LogP contribution in [0.25, 0.3) is 0 Å². The molecule has 4 heteroatoms. The fraction of sp³-hybridized carbons (Fsp3) is 0.625. The number of hydrogen-bond donors (Lipinski definition) is 1. The van der Waals surface area contributed by atoms with Crippen molar-refractivity contribution in [3.05, 3.63) is 27.7 Å². The van der Waals surface area contributed by atoms with Crippen molar-refractivity contribution in [1.29, 1.82) is 0 Å². The maximum absolute atomic E-state index is 6.12. The second-order valence-electron chi connectivity index (χ2n) is 6.30. The quantitative estimate of drug-likeness (QED) is 0.809. The molecule has 1 aromatic rings. The van der Waals surface area contributed by atoms with Crippen molar-refractivity contribution in [3.63, 3.8) is 0 Å². The Balaban J connectivity index is 1.66. The third-order valence-electron chi connectivity index (χ3n) is 4.92. The first-order valence-electron chi connectivity index (χ1n) is 7.59. The summed E-state index contributed by atoms with van der Waals surface area (Å²) in [5.74, 6) is 1.87. The number of nitrogens with zero attached hydrogens (tertiary/aromatic N) is 1. The summed E-state index contributed by atoms with van der Waals surface area (Å²) < 4.78 is 0. The highest BCUT2D eigenvalue weighted by molar-refractivity contribution is 6.38. The third-order valence-corrected chi connectivity index (χ3v) is 5.55. The Bertz CT molecular complexity index is 466. The summed E-state index contributed by atoms with van der Waals surface area (Å²) in [6.07, 6.45) is 7.04. The molecule has 1 saturated heterocycles. The van der Waals surface area contributed by atoms with Gasteiger partial charge in [-0.2, -0.15) is 0 Å². The molecule has 2 fully saturated rings. The van der Waals surface area contributed by atoms with Crippen molar-refractivity contribution in [2.45, 2.75) is 38.6 Å². The van der Waals surface area contributed by atoms with Crippen LogP contribution >= 0.6 is 23.2 Å². The van der Waals surface area contributed by atoms with E-state index in [0.29, 0.717) is 15.7 Å². The lowest BCUT2D eigenvalue weighted by Crippen LogP contribution is -2.41. The zero-order valence-electron chi connectivity index (χ0n) is 11.7. The number of benzene rings is 1. The number of likely N-dealkylation sites (tertiary alicyclic amines) is 1. The Morgan fingerprint density at radius 2 is 1.70 bits per heavy atom. The highest BCUT2D eigenvalue weighted by Gasteiger charge is 2.30. The molecule has 110 valence electrons. The summed E-state index contributed by atoms with van der Waals surface area (Å²) in [6.45, 7) is 3.36. The third kappa shape index (κ3) is 3.08. The fourth-order valence-corrected chi connectivity index (χ4v) is 4.34. The average Bonchev–Trinajstić information content (AvgIpc) is 2.44. The van der Waals surface area contributed by atoms with Crippen molar-refractivity contribution in [1.82, 2.24) is 4.90 Å².